The van der Waals surface area contributed by atoms with Crippen LogP contribution in [0.25, 0.3) is 45.1 Å². The van der Waals surface area contributed by atoms with Gasteiger partial charge in [-0.1, -0.05) is 17.3 Å². The summed E-state index contributed by atoms with van der Waals surface area (Å²) in [5, 5.41) is 4.78. The molecule has 0 aliphatic carbocycles. The quantitative estimate of drug-likeness (QED) is 0.435. The molecule has 0 amide bonds. The Labute approximate surface area is 167 Å². The van der Waals surface area contributed by atoms with Gasteiger partial charge in [0.2, 0.25) is 5.82 Å². The van der Waals surface area contributed by atoms with Crippen molar-refractivity contribution in [3.8, 4) is 34.1 Å². The van der Waals surface area contributed by atoms with E-state index in [4.69, 9.17) is 4.52 Å². The highest BCUT2D eigenvalue weighted by Gasteiger charge is 2.30. The van der Waals surface area contributed by atoms with Gasteiger partial charge in [-0.25, -0.2) is 4.98 Å². The van der Waals surface area contributed by atoms with Gasteiger partial charge in [0.05, 0.1) is 5.56 Å². The first kappa shape index (κ1) is 18.0. The minimum atomic E-state index is -4.45. The van der Waals surface area contributed by atoms with Gasteiger partial charge in [-0.3, -0.25) is 4.98 Å². The normalized spacial score (nSPS) is 11.8. The first-order valence-corrected chi connectivity index (χ1v) is 8.89. The topological polar surface area (TPSA) is 80.5 Å². The van der Waals surface area contributed by atoms with Crippen molar-refractivity contribution in [2.75, 3.05) is 0 Å². The number of H-pyrrole nitrogens is 1. The van der Waals surface area contributed by atoms with Gasteiger partial charge in [-0.05, 0) is 42.0 Å². The van der Waals surface area contributed by atoms with Crippen molar-refractivity contribution >= 4 is 11.0 Å². The standard InChI is InChI=1S/C21H12F3N5O/c22-21(23,24)16-3-1-2-13(9-16)19-28-20(30-29-19)17-10-12(4-6-25-17)15-8-14-5-7-26-18(14)27-11-15/h1-11H,(H,26,27). The number of rotatable bonds is 3. The predicted molar refractivity (Wildman–Crippen MR) is 103 cm³/mol. The van der Waals surface area contributed by atoms with Crippen LogP contribution in [0, 0.1) is 0 Å². The maximum Gasteiger partial charge on any atom is 0.416 e. The number of pyridine rings is 2. The fraction of sp³-hybridized carbons (Fsp3) is 0.0476. The Morgan fingerprint density at radius 1 is 0.900 bits per heavy atom. The number of aromatic amines is 1. The van der Waals surface area contributed by atoms with Crippen molar-refractivity contribution in [2.24, 2.45) is 0 Å². The Bertz CT molecular complexity index is 1360. The predicted octanol–water partition coefficient (Wildman–Crippen LogP) is 5.36. The molecular formula is C21H12F3N5O. The van der Waals surface area contributed by atoms with Crippen LogP contribution >= 0.6 is 0 Å². The number of nitrogens with one attached hydrogen (secondary N) is 1. The molecule has 0 aliphatic heterocycles. The number of benzene rings is 1. The van der Waals surface area contributed by atoms with E-state index in [9.17, 15) is 13.2 Å². The molecule has 4 heterocycles. The first-order chi connectivity index (χ1) is 14.5. The second kappa shape index (κ2) is 6.80. The van der Waals surface area contributed by atoms with Crippen LogP contribution in [-0.2, 0) is 6.18 Å². The SMILES string of the molecule is FC(F)(F)c1cccc(-c2noc(-c3cc(-c4cnc5[nH]ccc5c4)ccn3)n2)c1. The van der Waals surface area contributed by atoms with Gasteiger partial charge in [0.15, 0.2) is 0 Å². The molecule has 1 N–H and O–H groups in total. The Balaban J connectivity index is 1.49. The summed E-state index contributed by atoms with van der Waals surface area (Å²) >= 11 is 0. The van der Waals surface area contributed by atoms with Gasteiger partial charge in [0.25, 0.3) is 5.89 Å². The summed E-state index contributed by atoms with van der Waals surface area (Å²) in [4.78, 5) is 15.9. The lowest BCUT2D eigenvalue weighted by molar-refractivity contribution is -0.137. The molecule has 4 aromatic heterocycles. The van der Waals surface area contributed by atoms with E-state index in [2.05, 4.69) is 25.1 Å². The summed E-state index contributed by atoms with van der Waals surface area (Å²) in [6.45, 7) is 0. The number of fused-ring (bicyclic) bond motifs is 1. The average molecular weight is 407 g/mol. The Morgan fingerprint density at radius 3 is 2.67 bits per heavy atom. The fourth-order valence-electron chi connectivity index (χ4n) is 3.10. The molecule has 9 heteroatoms. The minimum absolute atomic E-state index is 0.0544. The van der Waals surface area contributed by atoms with Crippen LogP contribution < -0.4 is 0 Å². The van der Waals surface area contributed by atoms with Crippen molar-refractivity contribution in [2.45, 2.75) is 6.18 Å². The van der Waals surface area contributed by atoms with Crippen LogP contribution in [0.4, 0.5) is 13.2 Å². The van der Waals surface area contributed by atoms with Crippen molar-refractivity contribution in [1.82, 2.24) is 25.1 Å². The van der Waals surface area contributed by atoms with Gasteiger partial charge in [0, 0.05) is 35.1 Å². The number of aromatic nitrogens is 5. The Hall–Kier alpha value is -4.01. The smallest absolute Gasteiger partial charge is 0.346 e. The van der Waals surface area contributed by atoms with Gasteiger partial charge >= 0.3 is 6.18 Å². The Kier molecular flexibility index (Phi) is 4.09. The molecule has 0 radical (unpaired) electrons. The van der Waals surface area contributed by atoms with E-state index in [1.165, 1.54) is 12.1 Å². The fourth-order valence-corrected chi connectivity index (χ4v) is 3.10. The Morgan fingerprint density at radius 2 is 1.80 bits per heavy atom. The summed E-state index contributed by atoms with van der Waals surface area (Å²) in [5.74, 6) is 0.165. The zero-order valence-electron chi connectivity index (χ0n) is 15.2. The second-order valence-electron chi connectivity index (χ2n) is 6.57. The molecule has 0 fully saturated rings. The van der Waals surface area contributed by atoms with Gasteiger partial charge in [-0.15, -0.1) is 0 Å². The van der Waals surface area contributed by atoms with E-state index < -0.39 is 11.7 Å². The molecule has 0 aliphatic rings. The lowest BCUT2D eigenvalue weighted by Gasteiger charge is -2.06. The van der Waals surface area contributed by atoms with Crippen molar-refractivity contribution < 1.29 is 17.7 Å². The van der Waals surface area contributed by atoms with E-state index in [-0.39, 0.29) is 17.3 Å². The van der Waals surface area contributed by atoms with E-state index in [0.717, 1.165) is 34.3 Å². The third-order valence-electron chi connectivity index (χ3n) is 4.59. The summed E-state index contributed by atoms with van der Waals surface area (Å²) in [6, 6.07) is 12.3. The molecular weight excluding hydrogens is 395 g/mol. The lowest BCUT2D eigenvalue weighted by Crippen LogP contribution is -2.04. The van der Waals surface area contributed by atoms with Gasteiger partial charge < -0.3 is 9.51 Å². The second-order valence-corrected chi connectivity index (χ2v) is 6.57. The number of hydrogen-bond acceptors (Lipinski definition) is 5. The molecule has 0 saturated carbocycles. The summed E-state index contributed by atoms with van der Waals surface area (Å²) in [5.41, 5.74) is 2.35. The molecule has 30 heavy (non-hydrogen) atoms. The minimum Gasteiger partial charge on any atom is -0.346 e. The maximum absolute atomic E-state index is 13.0. The molecule has 0 atom stereocenters. The largest absolute Gasteiger partial charge is 0.416 e. The number of alkyl halides is 3. The van der Waals surface area contributed by atoms with Crippen LogP contribution in [-0.4, -0.2) is 25.1 Å². The zero-order valence-corrected chi connectivity index (χ0v) is 15.2. The van der Waals surface area contributed by atoms with Gasteiger partial charge in [-0.2, -0.15) is 18.2 Å². The number of hydrogen-bond donors (Lipinski definition) is 1. The molecule has 0 saturated heterocycles. The van der Waals surface area contributed by atoms with Crippen LogP contribution in [0.5, 0.6) is 0 Å². The average Bonchev–Trinajstić information content (AvgIpc) is 3.42. The molecule has 6 nitrogen and oxygen atoms in total. The molecule has 0 unspecified atom stereocenters. The molecule has 5 aromatic rings. The number of nitrogens with zero attached hydrogens (tertiary/aromatic N) is 4. The van der Waals surface area contributed by atoms with Crippen molar-refractivity contribution in [1.29, 1.82) is 0 Å². The van der Waals surface area contributed by atoms with E-state index >= 15 is 0 Å². The third-order valence-corrected chi connectivity index (χ3v) is 4.59. The summed E-state index contributed by atoms with van der Waals surface area (Å²) < 4.78 is 44.1. The first-order valence-electron chi connectivity index (χ1n) is 8.89. The summed E-state index contributed by atoms with van der Waals surface area (Å²) in [7, 11) is 0. The highest BCUT2D eigenvalue weighted by atomic mass is 19.4. The van der Waals surface area contributed by atoms with Crippen LogP contribution in [0.2, 0.25) is 0 Å². The van der Waals surface area contributed by atoms with Crippen LogP contribution in [0.15, 0.2) is 71.6 Å². The molecule has 1 aromatic carbocycles. The molecule has 5 rings (SSSR count). The van der Waals surface area contributed by atoms with Crippen molar-refractivity contribution in [3.63, 3.8) is 0 Å². The summed E-state index contributed by atoms with van der Waals surface area (Å²) in [6.07, 6.45) is 0.695. The lowest BCUT2D eigenvalue weighted by atomic mass is 10.1. The zero-order chi connectivity index (χ0) is 20.7. The highest BCUT2D eigenvalue weighted by Crippen LogP contribution is 2.32. The highest BCUT2D eigenvalue weighted by molar-refractivity contribution is 5.81. The molecule has 0 bridgehead atoms. The molecule has 0 spiro atoms. The monoisotopic (exact) mass is 407 g/mol. The van der Waals surface area contributed by atoms with E-state index in [1.807, 2.05) is 24.4 Å². The van der Waals surface area contributed by atoms with E-state index in [0.29, 0.717) is 5.69 Å². The molecule has 148 valence electrons. The number of halogens is 3. The van der Waals surface area contributed by atoms with Gasteiger partial charge in [0.1, 0.15) is 11.3 Å². The van der Waals surface area contributed by atoms with Crippen LogP contribution in [0.1, 0.15) is 5.56 Å². The van der Waals surface area contributed by atoms with E-state index in [1.54, 1.807) is 18.5 Å². The van der Waals surface area contributed by atoms with Crippen molar-refractivity contribution in [3.05, 3.63) is 72.7 Å². The maximum atomic E-state index is 13.0. The third kappa shape index (κ3) is 3.30. The van der Waals surface area contributed by atoms with Crippen LogP contribution in [0.3, 0.4) is 0 Å².